The van der Waals surface area contributed by atoms with E-state index in [1.165, 1.54) is 0 Å². The van der Waals surface area contributed by atoms with E-state index in [1.807, 2.05) is 0 Å². The lowest BCUT2D eigenvalue weighted by Crippen LogP contribution is -2.39. The minimum Gasteiger partial charge on any atom is -0.481 e. The molecule has 0 aromatic carbocycles. The van der Waals surface area contributed by atoms with Crippen molar-refractivity contribution in [3.63, 3.8) is 0 Å². The highest BCUT2D eigenvalue weighted by Gasteiger charge is 2.35. The molecule has 0 radical (unpaired) electrons. The maximum Gasteiger partial charge on any atom is 0.314 e. The van der Waals surface area contributed by atoms with Gasteiger partial charge in [-0.1, -0.05) is 26.7 Å². The Hall–Kier alpha value is -3.18. The third-order valence-electron chi connectivity index (χ3n) is 5.66. The number of rotatable bonds is 16. The predicted molar refractivity (Wildman–Crippen MR) is 140 cm³/mol. The third-order valence-corrected chi connectivity index (χ3v) is 5.66. The molecular formula is C25H48N4O8. The lowest BCUT2D eigenvalue weighted by molar-refractivity contribution is -0.147. The van der Waals surface area contributed by atoms with Gasteiger partial charge < -0.3 is 31.5 Å². The highest BCUT2D eigenvalue weighted by atomic mass is 16.4. The standard InChI is InChI=1S/C13H26N2O2.C9H18N2O2.C3H4O4/c1-5-13(6-2,12(17)15(3)4)10-8-7-9-11(14)16;1-11(2)9(13)7-5-3-4-6-8(10)12;4-2(5)1-3(6)7/h5-10H2,1-4H3,(H2,14,16);3-7H2,1-2H3,(H2,10,12);1H2,(H,4,5)(H,6,7). The maximum absolute atomic E-state index is 12.2. The maximum atomic E-state index is 12.2. The molecule has 0 aromatic heterocycles. The third kappa shape index (κ3) is 23.0. The van der Waals surface area contributed by atoms with Gasteiger partial charge in [-0.3, -0.25) is 28.8 Å². The van der Waals surface area contributed by atoms with E-state index in [9.17, 15) is 28.8 Å². The number of nitrogens with zero attached hydrogens (tertiary/aromatic N) is 2. The van der Waals surface area contributed by atoms with Crippen LogP contribution in [0.2, 0.25) is 0 Å². The fraction of sp³-hybridized carbons (Fsp3) is 0.760. The Bertz CT molecular complexity index is 707. The second-order valence-corrected chi connectivity index (χ2v) is 9.14. The van der Waals surface area contributed by atoms with Crippen LogP contribution in [0.3, 0.4) is 0 Å². The van der Waals surface area contributed by atoms with Crippen molar-refractivity contribution in [2.75, 3.05) is 28.2 Å². The zero-order valence-corrected chi connectivity index (χ0v) is 23.4. The van der Waals surface area contributed by atoms with E-state index >= 15 is 0 Å². The number of carboxylic acid groups (broad SMARTS) is 2. The summed E-state index contributed by atoms with van der Waals surface area (Å²) in [5, 5.41) is 15.4. The van der Waals surface area contributed by atoms with Crippen LogP contribution in [-0.4, -0.2) is 83.8 Å². The number of primary amides is 2. The molecule has 37 heavy (non-hydrogen) atoms. The number of nitrogens with two attached hydrogens (primary N) is 2. The van der Waals surface area contributed by atoms with Crippen molar-refractivity contribution >= 4 is 35.6 Å². The summed E-state index contributed by atoms with van der Waals surface area (Å²) < 4.78 is 0. The molecule has 12 nitrogen and oxygen atoms in total. The summed E-state index contributed by atoms with van der Waals surface area (Å²) in [6, 6.07) is 0. The second-order valence-electron chi connectivity index (χ2n) is 9.14. The normalized spacial score (nSPS) is 10.1. The molecule has 6 N–H and O–H groups in total. The molecule has 0 rings (SSSR count). The molecule has 0 aliphatic carbocycles. The van der Waals surface area contributed by atoms with Crippen LogP contribution in [0.4, 0.5) is 0 Å². The zero-order valence-electron chi connectivity index (χ0n) is 23.4. The molecule has 12 heteroatoms. The van der Waals surface area contributed by atoms with Crippen LogP contribution < -0.4 is 11.5 Å². The summed E-state index contributed by atoms with van der Waals surface area (Å²) in [5.41, 5.74) is 9.81. The highest BCUT2D eigenvalue weighted by Crippen LogP contribution is 2.34. The summed E-state index contributed by atoms with van der Waals surface area (Å²) in [4.78, 5) is 66.4. The SMILES string of the molecule is CCC(CC)(CCCCC(N)=O)C(=O)N(C)C.CN(C)C(=O)CCCCCC(N)=O.O=C(O)CC(=O)O. The minimum atomic E-state index is -1.31. The highest BCUT2D eigenvalue weighted by molar-refractivity contribution is 5.88. The molecule has 4 amide bonds. The Balaban J connectivity index is -0.000000510. The summed E-state index contributed by atoms with van der Waals surface area (Å²) in [6.45, 7) is 4.11. The van der Waals surface area contributed by atoms with E-state index in [2.05, 4.69) is 13.8 Å². The fourth-order valence-corrected chi connectivity index (χ4v) is 3.36. The van der Waals surface area contributed by atoms with Crippen molar-refractivity contribution in [2.24, 2.45) is 16.9 Å². The van der Waals surface area contributed by atoms with Gasteiger partial charge in [0.05, 0.1) is 0 Å². The van der Waals surface area contributed by atoms with Crippen LogP contribution in [0.1, 0.15) is 90.9 Å². The van der Waals surface area contributed by atoms with Gasteiger partial charge in [-0.2, -0.15) is 0 Å². The van der Waals surface area contributed by atoms with E-state index in [1.54, 1.807) is 38.0 Å². The van der Waals surface area contributed by atoms with Crippen molar-refractivity contribution < 1.29 is 39.0 Å². The fourth-order valence-electron chi connectivity index (χ4n) is 3.36. The van der Waals surface area contributed by atoms with Gasteiger partial charge in [0, 0.05) is 52.9 Å². The van der Waals surface area contributed by atoms with Crippen molar-refractivity contribution in [2.45, 2.75) is 90.9 Å². The molecule has 0 aliphatic rings. The monoisotopic (exact) mass is 532 g/mol. The van der Waals surface area contributed by atoms with Crippen molar-refractivity contribution in [1.29, 1.82) is 0 Å². The number of hydrogen-bond donors (Lipinski definition) is 4. The van der Waals surface area contributed by atoms with Crippen molar-refractivity contribution in [3.8, 4) is 0 Å². The summed E-state index contributed by atoms with van der Waals surface area (Å²) >= 11 is 0. The Morgan fingerprint density at radius 3 is 1.35 bits per heavy atom. The molecule has 0 spiro atoms. The average Bonchev–Trinajstić information content (AvgIpc) is 2.78. The molecule has 0 heterocycles. The van der Waals surface area contributed by atoms with Crippen LogP contribution in [0.15, 0.2) is 0 Å². The van der Waals surface area contributed by atoms with E-state index in [4.69, 9.17) is 21.7 Å². The van der Waals surface area contributed by atoms with Gasteiger partial charge in [-0.05, 0) is 38.5 Å². The largest absolute Gasteiger partial charge is 0.481 e. The quantitative estimate of drug-likeness (QED) is 0.171. The van der Waals surface area contributed by atoms with Gasteiger partial charge in [0.1, 0.15) is 6.42 Å². The number of unbranched alkanes of at least 4 members (excludes halogenated alkanes) is 3. The number of aliphatic carboxylic acids is 2. The molecular weight excluding hydrogens is 484 g/mol. The zero-order chi connectivity index (χ0) is 29.6. The van der Waals surface area contributed by atoms with Gasteiger partial charge in [-0.15, -0.1) is 0 Å². The molecule has 0 fully saturated rings. The predicted octanol–water partition coefficient (Wildman–Crippen LogP) is 1.98. The number of carboxylic acids is 2. The van der Waals surface area contributed by atoms with Gasteiger partial charge >= 0.3 is 11.9 Å². The lowest BCUT2D eigenvalue weighted by atomic mass is 9.76. The lowest BCUT2D eigenvalue weighted by Gasteiger charge is -2.33. The van der Waals surface area contributed by atoms with E-state index < -0.39 is 18.4 Å². The molecule has 216 valence electrons. The number of amides is 4. The van der Waals surface area contributed by atoms with Gasteiger partial charge in [0.25, 0.3) is 0 Å². The number of carbonyl (C=O) groups excluding carboxylic acids is 4. The van der Waals surface area contributed by atoms with Crippen LogP contribution in [0.25, 0.3) is 0 Å². The molecule has 0 saturated carbocycles. The van der Waals surface area contributed by atoms with E-state index in [0.717, 1.165) is 51.4 Å². The van der Waals surface area contributed by atoms with E-state index in [0.29, 0.717) is 19.3 Å². The topological polar surface area (TPSA) is 201 Å². The average molecular weight is 533 g/mol. The first-order valence-corrected chi connectivity index (χ1v) is 12.5. The van der Waals surface area contributed by atoms with Gasteiger partial charge in [0.15, 0.2) is 0 Å². The van der Waals surface area contributed by atoms with Crippen LogP contribution in [0.5, 0.6) is 0 Å². The Labute approximate surface area is 220 Å². The molecule has 0 bridgehead atoms. The molecule has 0 aliphatic heterocycles. The summed E-state index contributed by atoms with van der Waals surface area (Å²) in [6.07, 6.45) is 7.30. The van der Waals surface area contributed by atoms with Crippen molar-refractivity contribution in [3.05, 3.63) is 0 Å². The Morgan fingerprint density at radius 2 is 1.05 bits per heavy atom. The molecule has 0 unspecified atom stereocenters. The van der Waals surface area contributed by atoms with Crippen LogP contribution in [0, 0.1) is 5.41 Å². The van der Waals surface area contributed by atoms with Crippen LogP contribution >= 0.6 is 0 Å². The smallest absolute Gasteiger partial charge is 0.314 e. The first-order chi connectivity index (χ1) is 17.1. The Morgan fingerprint density at radius 1 is 0.649 bits per heavy atom. The summed E-state index contributed by atoms with van der Waals surface area (Å²) in [7, 11) is 7.08. The second kappa shape index (κ2) is 22.1. The van der Waals surface area contributed by atoms with Gasteiger partial charge in [0.2, 0.25) is 23.6 Å². The van der Waals surface area contributed by atoms with Crippen LogP contribution in [-0.2, 0) is 28.8 Å². The van der Waals surface area contributed by atoms with Crippen molar-refractivity contribution in [1.82, 2.24) is 9.80 Å². The Kier molecular flexibility index (Phi) is 22.9. The minimum absolute atomic E-state index is 0.138. The first kappa shape index (κ1) is 38.4. The van der Waals surface area contributed by atoms with Gasteiger partial charge in [-0.25, -0.2) is 0 Å². The molecule has 0 aromatic rings. The number of hydrogen-bond acceptors (Lipinski definition) is 6. The van der Waals surface area contributed by atoms with E-state index in [-0.39, 0.29) is 29.0 Å². The molecule has 0 saturated heterocycles. The molecule has 0 atom stereocenters. The summed E-state index contributed by atoms with van der Waals surface area (Å²) in [5.74, 6) is -2.82. The first-order valence-electron chi connectivity index (χ1n) is 12.5. The number of carbonyl (C=O) groups is 6.